The molecular formula is C80H156O17P2. The van der Waals surface area contributed by atoms with Crippen LogP contribution >= 0.6 is 15.6 Å². The van der Waals surface area contributed by atoms with E-state index < -0.39 is 97.5 Å². The van der Waals surface area contributed by atoms with Gasteiger partial charge >= 0.3 is 39.5 Å². The summed E-state index contributed by atoms with van der Waals surface area (Å²) in [6.45, 7) is 5.02. The van der Waals surface area contributed by atoms with Crippen molar-refractivity contribution in [2.45, 2.75) is 451 Å². The molecule has 0 fully saturated rings. The molecule has 0 bridgehead atoms. The number of phosphoric acid groups is 2. The van der Waals surface area contributed by atoms with Crippen molar-refractivity contribution in [2.24, 2.45) is 0 Å². The van der Waals surface area contributed by atoms with E-state index in [1.165, 1.54) is 263 Å². The number of hydrogen-bond acceptors (Lipinski definition) is 15. The van der Waals surface area contributed by atoms with Crippen LogP contribution in [-0.2, 0) is 65.4 Å². The molecule has 0 aliphatic rings. The Bertz CT molecular complexity index is 1880. The second-order valence-electron chi connectivity index (χ2n) is 28.8. The van der Waals surface area contributed by atoms with Gasteiger partial charge in [0, 0.05) is 25.7 Å². The maximum Gasteiger partial charge on any atom is 0.472 e. The molecule has 588 valence electrons. The lowest BCUT2D eigenvalue weighted by molar-refractivity contribution is -0.161. The lowest BCUT2D eigenvalue weighted by Crippen LogP contribution is -2.30. The average Bonchev–Trinajstić information content (AvgIpc) is 1.02. The molecule has 0 aliphatic carbocycles. The van der Waals surface area contributed by atoms with Gasteiger partial charge in [0.15, 0.2) is 12.2 Å². The Balaban J connectivity index is 5.23. The number of ether oxygens (including phenoxy) is 4. The second-order valence-corrected chi connectivity index (χ2v) is 31.7. The number of hydrogen-bond donors (Lipinski definition) is 3. The minimum Gasteiger partial charge on any atom is -0.462 e. The maximum absolute atomic E-state index is 13.1. The molecular weight excluding hydrogens is 1290 g/mol. The predicted molar refractivity (Wildman–Crippen MR) is 405 cm³/mol. The summed E-state index contributed by atoms with van der Waals surface area (Å²) in [6, 6.07) is 0. The zero-order valence-electron chi connectivity index (χ0n) is 64.5. The van der Waals surface area contributed by atoms with Crippen LogP contribution in [0.1, 0.15) is 432 Å². The maximum atomic E-state index is 13.1. The number of unbranched alkanes of at least 4 members (excludes halogenated alkanes) is 55. The van der Waals surface area contributed by atoms with E-state index in [-0.39, 0.29) is 25.7 Å². The van der Waals surface area contributed by atoms with Gasteiger partial charge in [0.25, 0.3) is 0 Å². The molecule has 0 amide bonds. The summed E-state index contributed by atoms with van der Waals surface area (Å²) in [5.41, 5.74) is 0. The first-order chi connectivity index (χ1) is 48.2. The molecule has 0 spiro atoms. The van der Waals surface area contributed by atoms with Crippen LogP contribution < -0.4 is 0 Å². The molecule has 0 heterocycles. The smallest absolute Gasteiger partial charge is 0.462 e. The summed E-state index contributed by atoms with van der Waals surface area (Å²) in [4.78, 5) is 73.0. The fourth-order valence-electron chi connectivity index (χ4n) is 12.5. The van der Waals surface area contributed by atoms with Crippen molar-refractivity contribution < 1.29 is 80.2 Å². The fourth-order valence-corrected chi connectivity index (χ4v) is 14.0. The van der Waals surface area contributed by atoms with Crippen molar-refractivity contribution in [3.05, 3.63) is 0 Å². The summed E-state index contributed by atoms with van der Waals surface area (Å²) >= 11 is 0. The monoisotopic (exact) mass is 1450 g/mol. The van der Waals surface area contributed by atoms with Crippen molar-refractivity contribution >= 4 is 39.5 Å². The highest BCUT2D eigenvalue weighted by atomic mass is 31.2. The Hall–Kier alpha value is -1.94. The third-order valence-electron chi connectivity index (χ3n) is 18.9. The summed E-state index contributed by atoms with van der Waals surface area (Å²) < 4.78 is 68.7. The number of aliphatic hydroxyl groups is 1. The van der Waals surface area contributed by atoms with Crippen LogP contribution in [0.25, 0.3) is 0 Å². The Morgan fingerprint density at radius 3 is 0.596 bits per heavy atom. The lowest BCUT2D eigenvalue weighted by atomic mass is 10.0. The number of rotatable bonds is 81. The van der Waals surface area contributed by atoms with Crippen LogP contribution in [0, 0.1) is 0 Å². The van der Waals surface area contributed by atoms with E-state index in [0.717, 1.165) is 89.9 Å². The Kier molecular flexibility index (Phi) is 72.9. The first-order valence-electron chi connectivity index (χ1n) is 41.8. The molecule has 0 aromatic heterocycles. The predicted octanol–water partition coefficient (Wildman–Crippen LogP) is 24.2. The lowest BCUT2D eigenvalue weighted by Gasteiger charge is -2.21. The fraction of sp³-hybridized carbons (Fsp3) is 0.950. The molecule has 5 atom stereocenters. The first kappa shape index (κ1) is 97.1. The van der Waals surface area contributed by atoms with Gasteiger partial charge in [0.05, 0.1) is 26.4 Å². The molecule has 0 saturated carbocycles. The van der Waals surface area contributed by atoms with Crippen LogP contribution in [-0.4, -0.2) is 96.7 Å². The van der Waals surface area contributed by atoms with Gasteiger partial charge in [-0.3, -0.25) is 37.3 Å². The van der Waals surface area contributed by atoms with Crippen LogP contribution in [0.15, 0.2) is 0 Å². The van der Waals surface area contributed by atoms with Gasteiger partial charge in [-0.2, -0.15) is 0 Å². The molecule has 0 aromatic carbocycles. The molecule has 0 aliphatic heterocycles. The van der Waals surface area contributed by atoms with Crippen molar-refractivity contribution in [3.8, 4) is 0 Å². The molecule has 0 radical (unpaired) electrons. The van der Waals surface area contributed by atoms with E-state index in [2.05, 4.69) is 27.7 Å². The molecule has 17 nitrogen and oxygen atoms in total. The number of carbonyl (C=O) groups excluding carboxylic acids is 4. The third-order valence-corrected chi connectivity index (χ3v) is 20.8. The van der Waals surface area contributed by atoms with Crippen molar-refractivity contribution in [1.29, 1.82) is 0 Å². The number of carbonyl (C=O) groups is 4. The van der Waals surface area contributed by atoms with E-state index >= 15 is 0 Å². The van der Waals surface area contributed by atoms with Crippen LogP contribution in [0.3, 0.4) is 0 Å². The van der Waals surface area contributed by atoms with E-state index in [1.54, 1.807) is 0 Å². The molecule has 0 aromatic rings. The molecule has 0 rings (SSSR count). The van der Waals surface area contributed by atoms with Gasteiger partial charge in [-0.05, 0) is 25.7 Å². The van der Waals surface area contributed by atoms with Gasteiger partial charge in [0.2, 0.25) is 0 Å². The molecule has 2 unspecified atom stereocenters. The third kappa shape index (κ3) is 74.1. The quantitative estimate of drug-likeness (QED) is 0.0222. The zero-order valence-corrected chi connectivity index (χ0v) is 66.3. The highest BCUT2D eigenvalue weighted by Crippen LogP contribution is 2.45. The van der Waals surface area contributed by atoms with E-state index in [9.17, 15) is 43.2 Å². The Labute approximate surface area is 607 Å². The first-order valence-corrected chi connectivity index (χ1v) is 44.8. The minimum atomic E-state index is -4.96. The number of phosphoric ester groups is 2. The Morgan fingerprint density at radius 1 is 0.242 bits per heavy atom. The average molecular weight is 1450 g/mol. The minimum absolute atomic E-state index is 0.109. The molecule has 0 saturated heterocycles. The summed E-state index contributed by atoms with van der Waals surface area (Å²) in [6.07, 6.45) is 66.5. The van der Waals surface area contributed by atoms with Gasteiger partial charge in [0.1, 0.15) is 19.3 Å². The standard InChI is InChI=1S/C80H156O17P2/c1-5-9-13-17-21-25-29-32-35-36-37-38-39-40-43-47-51-55-59-63-67-80(85)97-76(71-91-78(83)65-61-57-53-49-45-41-33-30-26-22-18-14-10-6-2)73-95-99(88,89)93-69-74(81)68-92-98(86,87)94-72-75(70-90-77(82)64-60-56-52-48-44-28-24-20-16-12-8-4)96-79(84)66-62-58-54-50-46-42-34-31-27-23-19-15-11-7-3/h74-76,81H,5-73H2,1-4H3,(H,86,87)(H,88,89)/t74-,75+,76+/m0/s1. The normalized spacial score (nSPS) is 13.8. The van der Waals surface area contributed by atoms with E-state index in [4.69, 9.17) is 37.0 Å². The van der Waals surface area contributed by atoms with Crippen LogP contribution in [0.4, 0.5) is 0 Å². The Morgan fingerprint density at radius 2 is 0.404 bits per heavy atom. The van der Waals surface area contributed by atoms with Crippen molar-refractivity contribution in [3.63, 3.8) is 0 Å². The van der Waals surface area contributed by atoms with Gasteiger partial charge in [-0.15, -0.1) is 0 Å². The topological polar surface area (TPSA) is 237 Å². The molecule has 19 heteroatoms. The van der Waals surface area contributed by atoms with Crippen LogP contribution in [0.2, 0.25) is 0 Å². The SMILES string of the molecule is CCCCCCCCCCCCCCCCCCCCCCC(=O)O[C@H](COC(=O)CCCCCCCCCCCCCCCC)COP(=O)(O)OC[C@@H](O)COP(=O)(O)OC[C@@H](COC(=O)CCCCCCCCCCCCC)OC(=O)CCCCCCCCCCCCCCCC. The van der Waals surface area contributed by atoms with Gasteiger partial charge in [-0.1, -0.05) is 381 Å². The molecule has 3 N–H and O–H groups in total. The summed E-state index contributed by atoms with van der Waals surface area (Å²) in [5, 5.41) is 10.6. The van der Waals surface area contributed by atoms with E-state index in [1.807, 2.05) is 0 Å². The van der Waals surface area contributed by atoms with Gasteiger partial charge in [-0.25, -0.2) is 9.13 Å². The molecule has 99 heavy (non-hydrogen) atoms. The van der Waals surface area contributed by atoms with Crippen molar-refractivity contribution in [2.75, 3.05) is 39.6 Å². The van der Waals surface area contributed by atoms with Crippen LogP contribution in [0.5, 0.6) is 0 Å². The summed E-state index contributed by atoms with van der Waals surface area (Å²) in [7, 11) is -9.91. The summed E-state index contributed by atoms with van der Waals surface area (Å²) in [5.74, 6) is -2.10. The highest BCUT2D eigenvalue weighted by Gasteiger charge is 2.30. The van der Waals surface area contributed by atoms with Crippen molar-refractivity contribution in [1.82, 2.24) is 0 Å². The highest BCUT2D eigenvalue weighted by molar-refractivity contribution is 7.47. The zero-order chi connectivity index (χ0) is 72.5. The largest absolute Gasteiger partial charge is 0.472 e. The number of aliphatic hydroxyl groups excluding tert-OH is 1. The van der Waals surface area contributed by atoms with Gasteiger partial charge < -0.3 is 33.8 Å². The van der Waals surface area contributed by atoms with E-state index in [0.29, 0.717) is 25.7 Å². The number of esters is 4. The second kappa shape index (κ2) is 74.3.